The lowest BCUT2D eigenvalue weighted by molar-refractivity contribution is 0.0610. The third-order valence-electron chi connectivity index (χ3n) is 4.14. The molecule has 0 radical (unpaired) electrons. The monoisotopic (exact) mass is 346 g/mol. The predicted molar refractivity (Wildman–Crippen MR) is 93.6 cm³/mol. The van der Waals surface area contributed by atoms with Gasteiger partial charge in [0, 0.05) is 30.8 Å². The summed E-state index contributed by atoms with van der Waals surface area (Å²) in [5, 5.41) is 2.99. The Morgan fingerprint density at radius 1 is 1.38 bits per heavy atom. The highest BCUT2D eigenvalue weighted by Gasteiger charge is 2.30. The first kappa shape index (κ1) is 16.9. The second-order valence-electron chi connectivity index (χ2n) is 5.75. The zero-order valence-electron chi connectivity index (χ0n) is 13.8. The van der Waals surface area contributed by atoms with E-state index < -0.39 is 0 Å². The Morgan fingerprint density at radius 3 is 3.08 bits per heavy atom. The molecule has 2 aromatic rings. The van der Waals surface area contributed by atoms with Crippen LogP contribution in [-0.4, -0.2) is 42.7 Å². The van der Waals surface area contributed by atoms with Crippen LogP contribution in [0.4, 0.5) is 0 Å². The zero-order chi connectivity index (χ0) is 16.8. The largest absolute Gasteiger partial charge is 0.491 e. The van der Waals surface area contributed by atoms with Crippen LogP contribution in [0.1, 0.15) is 40.7 Å². The second kappa shape index (κ2) is 8.26. The van der Waals surface area contributed by atoms with E-state index in [1.165, 1.54) is 0 Å². The summed E-state index contributed by atoms with van der Waals surface area (Å²) >= 11 is 1.62. The molecule has 1 fully saturated rings. The number of carbonyl (C=O) groups is 1. The smallest absolute Gasteiger partial charge is 0.254 e. The molecular weight excluding hydrogens is 324 g/mol. The minimum atomic E-state index is 0.0482. The van der Waals surface area contributed by atoms with Crippen LogP contribution in [0.3, 0.4) is 0 Å². The molecule has 0 aliphatic carbocycles. The molecule has 3 rings (SSSR count). The number of piperidine rings is 1. The number of hydrogen-bond donors (Lipinski definition) is 0. The van der Waals surface area contributed by atoms with Gasteiger partial charge in [-0.2, -0.15) is 0 Å². The number of methoxy groups -OCH3 is 1. The Labute approximate surface area is 146 Å². The van der Waals surface area contributed by atoms with Crippen LogP contribution in [0.5, 0.6) is 5.75 Å². The van der Waals surface area contributed by atoms with Crippen molar-refractivity contribution in [3.05, 3.63) is 46.4 Å². The number of hydrogen-bond acceptors (Lipinski definition) is 5. The van der Waals surface area contributed by atoms with E-state index in [0.717, 1.165) is 30.8 Å². The Morgan fingerprint density at radius 2 is 2.29 bits per heavy atom. The van der Waals surface area contributed by atoms with Gasteiger partial charge in [0.05, 0.1) is 12.6 Å². The predicted octanol–water partition coefficient (Wildman–Crippen LogP) is 3.54. The molecule has 24 heavy (non-hydrogen) atoms. The van der Waals surface area contributed by atoms with E-state index in [9.17, 15) is 4.79 Å². The van der Waals surface area contributed by atoms with Crippen molar-refractivity contribution < 1.29 is 14.3 Å². The lowest BCUT2D eigenvalue weighted by atomic mass is 10.0. The molecule has 0 N–H and O–H groups in total. The second-order valence-corrected chi connectivity index (χ2v) is 6.68. The minimum Gasteiger partial charge on any atom is -0.491 e. The molecule has 1 aromatic carbocycles. The first-order chi connectivity index (χ1) is 11.8. The number of thiazole rings is 1. The van der Waals surface area contributed by atoms with E-state index in [2.05, 4.69) is 4.98 Å². The first-order valence-corrected chi connectivity index (χ1v) is 9.09. The molecule has 0 spiro atoms. The number of aromatic nitrogens is 1. The van der Waals surface area contributed by atoms with E-state index in [1.54, 1.807) is 18.4 Å². The van der Waals surface area contributed by atoms with E-state index >= 15 is 0 Å². The maximum absolute atomic E-state index is 13.0. The molecule has 1 saturated heterocycles. The van der Waals surface area contributed by atoms with Gasteiger partial charge >= 0.3 is 0 Å². The van der Waals surface area contributed by atoms with Gasteiger partial charge < -0.3 is 14.4 Å². The Balaban J connectivity index is 1.75. The lowest BCUT2D eigenvalue weighted by Crippen LogP contribution is -2.38. The van der Waals surface area contributed by atoms with Gasteiger partial charge in [-0.25, -0.2) is 4.98 Å². The summed E-state index contributed by atoms with van der Waals surface area (Å²) in [6, 6.07) is 7.47. The number of nitrogens with zero attached hydrogens (tertiary/aromatic N) is 2. The van der Waals surface area contributed by atoms with Gasteiger partial charge in [-0.05, 0) is 37.5 Å². The molecule has 128 valence electrons. The number of likely N-dealkylation sites (tertiary alicyclic amines) is 1. The van der Waals surface area contributed by atoms with Gasteiger partial charge in [-0.1, -0.05) is 6.07 Å². The highest BCUT2D eigenvalue weighted by atomic mass is 32.1. The van der Waals surface area contributed by atoms with Gasteiger partial charge in [0.1, 0.15) is 17.4 Å². The van der Waals surface area contributed by atoms with Crippen molar-refractivity contribution in [3.8, 4) is 5.75 Å². The number of amides is 1. The van der Waals surface area contributed by atoms with Crippen LogP contribution in [0.2, 0.25) is 0 Å². The number of benzene rings is 1. The Bertz CT molecular complexity index is 660. The van der Waals surface area contributed by atoms with Crippen molar-refractivity contribution in [1.29, 1.82) is 0 Å². The SMILES string of the molecule is COCCOc1cccc(C(=O)N2CCCC[C@H]2c2nccs2)c1. The molecule has 5 nitrogen and oxygen atoms in total. The summed E-state index contributed by atoms with van der Waals surface area (Å²) in [5.74, 6) is 0.743. The van der Waals surface area contributed by atoms with Crippen LogP contribution >= 0.6 is 11.3 Å². The summed E-state index contributed by atoms with van der Waals surface area (Å²) in [6.45, 7) is 1.77. The van der Waals surface area contributed by atoms with Crippen LogP contribution in [0.15, 0.2) is 35.8 Å². The van der Waals surface area contributed by atoms with Gasteiger partial charge in [-0.3, -0.25) is 4.79 Å². The lowest BCUT2D eigenvalue weighted by Gasteiger charge is -2.34. The molecule has 0 bridgehead atoms. The molecule has 1 amide bonds. The van der Waals surface area contributed by atoms with Gasteiger partial charge in [0.15, 0.2) is 0 Å². The highest BCUT2D eigenvalue weighted by Crippen LogP contribution is 2.33. The summed E-state index contributed by atoms with van der Waals surface area (Å²) in [6.07, 6.45) is 4.96. The van der Waals surface area contributed by atoms with Crippen LogP contribution in [0.25, 0.3) is 0 Å². The standard InChI is InChI=1S/C18H22N2O3S/c1-22-10-11-23-15-6-4-5-14(13-15)18(21)20-9-3-2-7-16(20)17-19-8-12-24-17/h4-6,8,12-13,16H,2-3,7,9-11H2,1H3/t16-/m0/s1. The molecule has 1 aliphatic rings. The van der Waals surface area contributed by atoms with Gasteiger partial charge in [0.2, 0.25) is 0 Å². The fraction of sp³-hybridized carbons (Fsp3) is 0.444. The zero-order valence-corrected chi connectivity index (χ0v) is 14.6. The average molecular weight is 346 g/mol. The summed E-state index contributed by atoms with van der Waals surface area (Å²) < 4.78 is 10.6. The fourth-order valence-corrected chi connectivity index (χ4v) is 3.74. The summed E-state index contributed by atoms with van der Waals surface area (Å²) in [7, 11) is 1.64. The minimum absolute atomic E-state index is 0.0482. The normalized spacial score (nSPS) is 17.7. The van der Waals surface area contributed by atoms with Crippen LogP contribution < -0.4 is 4.74 Å². The molecule has 0 unspecified atom stereocenters. The molecular formula is C18H22N2O3S. The number of ether oxygens (including phenoxy) is 2. The van der Waals surface area contributed by atoms with Crippen LogP contribution in [-0.2, 0) is 4.74 Å². The van der Waals surface area contributed by atoms with Gasteiger partial charge in [-0.15, -0.1) is 11.3 Å². The molecule has 1 atom stereocenters. The van der Waals surface area contributed by atoms with Crippen LogP contribution in [0, 0.1) is 0 Å². The topological polar surface area (TPSA) is 51.7 Å². The summed E-state index contributed by atoms with van der Waals surface area (Å²) in [4.78, 5) is 19.4. The molecule has 1 aromatic heterocycles. The third-order valence-corrected chi connectivity index (χ3v) is 5.01. The van der Waals surface area contributed by atoms with Crippen molar-refractivity contribution in [2.24, 2.45) is 0 Å². The average Bonchev–Trinajstić information content (AvgIpc) is 3.16. The molecule has 2 heterocycles. The quantitative estimate of drug-likeness (QED) is 0.751. The van der Waals surface area contributed by atoms with E-state index in [-0.39, 0.29) is 11.9 Å². The molecule has 1 aliphatic heterocycles. The third kappa shape index (κ3) is 3.94. The number of carbonyl (C=O) groups excluding carboxylic acids is 1. The van der Waals surface area contributed by atoms with E-state index in [4.69, 9.17) is 9.47 Å². The fourth-order valence-electron chi connectivity index (χ4n) is 2.96. The highest BCUT2D eigenvalue weighted by molar-refractivity contribution is 7.09. The van der Waals surface area contributed by atoms with Crippen molar-refractivity contribution in [3.63, 3.8) is 0 Å². The maximum Gasteiger partial charge on any atom is 0.254 e. The molecule has 0 saturated carbocycles. The van der Waals surface area contributed by atoms with Crippen molar-refractivity contribution in [1.82, 2.24) is 9.88 Å². The van der Waals surface area contributed by atoms with Crippen molar-refractivity contribution >= 4 is 17.2 Å². The molecule has 6 heteroatoms. The van der Waals surface area contributed by atoms with E-state index in [0.29, 0.717) is 24.5 Å². The van der Waals surface area contributed by atoms with E-state index in [1.807, 2.05) is 40.7 Å². The summed E-state index contributed by atoms with van der Waals surface area (Å²) in [5.41, 5.74) is 0.661. The van der Waals surface area contributed by atoms with Gasteiger partial charge in [0.25, 0.3) is 5.91 Å². The number of rotatable bonds is 6. The van der Waals surface area contributed by atoms with Crippen molar-refractivity contribution in [2.45, 2.75) is 25.3 Å². The Hall–Kier alpha value is -1.92. The Kier molecular flexibility index (Phi) is 5.82. The first-order valence-electron chi connectivity index (χ1n) is 8.22. The van der Waals surface area contributed by atoms with Crippen molar-refractivity contribution in [2.75, 3.05) is 26.9 Å². The maximum atomic E-state index is 13.0.